The zero-order valence-electron chi connectivity index (χ0n) is 11.7. The van der Waals surface area contributed by atoms with E-state index in [4.69, 9.17) is 0 Å². The Labute approximate surface area is 105 Å². The van der Waals surface area contributed by atoms with E-state index in [1.807, 2.05) is 6.20 Å². The standard InChI is InChI=1S/C14H25N3/c1-6-15-14-9-13(7-8-16-14)17(12(4)5)10-11(2)3/h7-9,11-12H,6,10H2,1-5H3,(H,15,16). The second kappa shape index (κ2) is 6.48. The molecule has 0 spiro atoms. The number of hydrogen-bond donors (Lipinski definition) is 1. The molecule has 0 unspecified atom stereocenters. The summed E-state index contributed by atoms with van der Waals surface area (Å²) in [7, 11) is 0. The summed E-state index contributed by atoms with van der Waals surface area (Å²) in [5, 5.41) is 3.26. The predicted octanol–water partition coefficient (Wildman–Crippen LogP) is 3.38. The van der Waals surface area contributed by atoms with E-state index in [-0.39, 0.29) is 0 Å². The van der Waals surface area contributed by atoms with Gasteiger partial charge in [-0.2, -0.15) is 0 Å². The highest BCUT2D eigenvalue weighted by Gasteiger charge is 2.12. The van der Waals surface area contributed by atoms with Crippen molar-refractivity contribution in [1.29, 1.82) is 0 Å². The Balaban J connectivity index is 2.89. The monoisotopic (exact) mass is 235 g/mol. The van der Waals surface area contributed by atoms with E-state index in [2.05, 4.69) is 62.0 Å². The summed E-state index contributed by atoms with van der Waals surface area (Å²) in [6.07, 6.45) is 1.88. The second-order valence-electron chi connectivity index (χ2n) is 5.07. The van der Waals surface area contributed by atoms with Crippen molar-refractivity contribution in [2.75, 3.05) is 23.3 Å². The van der Waals surface area contributed by atoms with Crippen LogP contribution in [0.5, 0.6) is 0 Å². The lowest BCUT2D eigenvalue weighted by atomic mass is 10.1. The van der Waals surface area contributed by atoms with Crippen molar-refractivity contribution in [1.82, 2.24) is 4.98 Å². The van der Waals surface area contributed by atoms with Crippen LogP contribution in [0.15, 0.2) is 18.3 Å². The van der Waals surface area contributed by atoms with Gasteiger partial charge in [-0.25, -0.2) is 4.98 Å². The van der Waals surface area contributed by atoms with E-state index in [1.165, 1.54) is 5.69 Å². The molecule has 0 aliphatic carbocycles. The summed E-state index contributed by atoms with van der Waals surface area (Å²) in [5.74, 6) is 1.62. The molecule has 1 aromatic rings. The molecule has 1 N–H and O–H groups in total. The molecule has 0 saturated carbocycles. The topological polar surface area (TPSA) is 28.2 Å². The fourth-order valence-electron chi connectivity index (χ4n) is 1.88. The number of aromatic nitrogens is 1. The van der Waals surface area contributed by atoms with Gasteiger partial charge in [0.2, 0.25) is 0 Å². The van der Waals surface area contributed by atoms with Gasteiger partial charge in [0, 0.05) is 37.1 Å². The van der Waals surface area contributed by atoms with E-state index < -0.39 is 0 Å². The van der Waals surface area contributed by atoms with Crippen LogP contribution < -0.4 is 10.2 Å². The van der Waals surface area contributed by atoms with E-state index in [0.29, 0.717) is 12.0 Å². The molecular weight excluding hydrogens is 210 g/mol. The Morgan fingerprint density at radius 2 is 2.00 bits per heavy atom. The highest BCUT2D eigenvalue weighted by Crippen LogP contribution is 2.20. The quantitative estimate of drug-likeness (QED) is 0.819. The Morgan fingerprint density at radius 3 is 2.53 bits per heavy atom. The molecule has 0 fully saturated rings. The van der Waals surface area contributed by atoms with Crippen LogP contribution in [0.3, 0.4) is 0 Å². The first kappa shape index (κ1) is 13.8. The summed E-state index contributed by atoms with van der Waals surface area (Å²) < 4.78 is 0. The predicted molar refractivity (Wildman–Crippen MR) is 75.7 cm³/mol. The molecule has 0 bridgehead atoms. The normalized spacial score (nSPS) is 11.0. The number of pyridine rings is 1. The molecule has 3 nitrogen and oxygen atoms in total. The summed E-state index contributed by atoms with van der Waals surface area (Å²) in [4.78, 5) is 6.74. The van der Waals surface area contributed by atoms with E-state index >= 15 is 0 Å². The molecule has 0 aromatic carbocycles. The summed E-state index contributed by atoms with van der Waals surface area (Å²) in [6.45, 7) is 13.0. The van der Waals surface area contributed by atoms with Crippen LogP contribution in [-0.2, 0) is 0 Å². The molecule has 0 atom stereocenters. The third kappa shape index (κ3) is 4.25. The van der Waals surface area contributed by atoms with E-state index in [0.717, 1.165) is 18.9 Å². The van der Waals surface area contributed by atoms with Gasteiger partial charge < -0.3 is 10.2 Å². The molecule has 0 aliphatic rings. The largest absolute Gasteiger partial charge is 0.370 e. The number of hydrogen-bond acceptors (Lipinski definition) is 3. The number of nitrogens with one attached hydrogen (secondary N) is 1. The Bertz CT molecular complexity index is 334. The van der Waals surface area contributed by atoms with Gasteiger partial charge in [0.05, 0.1) is 0 Å². The molecule has 1 aromatic heterocycles. The number of rotatable bonds is 6. The summed E-state index contributed by atoms with van der Waals surface area (Å²) >= 11 is 0. The zero-order chi connectivity index (χ0) is 12.8. The molecule has 17 heavy (non-hydrogen) atoms. The highest BCUT2D eigenvalue weighted by molar-refractivity contribution is 5.54. The Kier molecular flexibility index (Phi) is 5.26. The van der Waals surface area contributed by atoms with E-state index in [9.17, 15) is 0 Å². The van der Waals surface area contributed by atoms with Crippen LogP contribution in [0.1, 0.15) is 34.6 Å². The maximum Gasteiger partial charge on any atom is 0.127 e. The third-order valence-electron chi connectivity index (χ3n) is 2.62. The lowest BCUT2D eigenvalue weighted by molar-refractivity contribution is 0.571. The van der Waals surface area contributed by atoms with Crippen molar-refractivity contribution >= 4 is 11.5 Å². The van der Waals surface area contributed by atoms with Crippen molar-refractivity contribution in [3.8, 4) is 0 Å². The third-order valence-corrected chi connectivity index (χ3v) is 2.62. The summed E-state index contributed by atoms with van der Waals surface area (Å²) in [5.41, 5.74) is 1.25. The highest BCUT2D eigenvalue weighted by atomic mass is 15.2. The maximum atomic E-state index is 4.31. The van der Waals surface area contributed by atoms with Gasteiger partial charge in [-0.3, -0.25) is 0 Å². The van der Waals surface area contributed by atoms with Gasteiger partial charge in [0.15, 0.2) is 0 Å². The first-order valence-corrected chi connectivity index (χ1v) is 6.51. The van der Waals surface area contributed by atoms with Crippen LogP contribution in [-0.4, -0.2) is 24.1 Å². The number of anilines is 2. The van der Waals surface area contributed by atoms with Crippen LogP contribution in [0.25, 0.3) is 0 Å². The lowest BCUT2D eigenvalue weighted by Crippen LogP contribution is -2.34. The van der Waals surface area contributed by atoms with Crippen molar-refractivity contribution in [2.24, 2.45) is 5.92 Å². The van der Waals surface area contributed by atoms with Crippen molar-refractivity contribution < 1.29 is 0 Å². The SMILES string of the molecule is CCNc1cc(N(CC(C)C)C(C)C)ccn1. The van der Waals surface area contributed by atoms with Gasteiger partial charge in [-0.15, -0.1) is 0 Å². The Hall–Kier alpha value is -1.25. The second-order valence-corrected chi connectivity index (χ2v) is 5.07. The molecular formula is C14H25N3. The minimum atomic E-state index is 0.509. The molecule has 0 aliphatic heterocycles. The fraction of sp³-hybridized carbons (Fsp3) is 0.643. The first-order valence-electron chi connectivity index (χ1n) is 6.51. The van der Waals surface area contributed by atoms with Crippen molar-refractivity contribution in [3.63, 3.8) is 0 Å². The van der Waals surface area contributed by atoms with Crippen LogP contribution in [0.2, 0.25) is 0 Å². The molecule has 3 heteroatoms. The van der Waals surface area contributed by atoms with Gasteiger partial charge in [-0.05, 0) is 32.8 Å². The molecule has 0 radical (unpaired) electrons. The Morgan fingerprint density at radius 1 is 1.29 bits per heavy atom. The van der Waals surface area contributed by atoms with Crippen LogP contribution in [0, 0.1) is 5.92 Å². The molecule has 96 valence electrons. The van der Waals surface area contributed by atoms with Crippen LogP contribution in [0.4, 0.5) is 11.5 Å². The molecule has 1 rings (SSSR count). The van der Waals surface area contributed by atoms with Gasteiger partial charge in [0.1, 0.15) is 5.82 Å². The van der Waals surface area contributed by atoms with Crippen molar-refractivity contribution in [2.45, 2.75) is 40.7 Å². The average Bonchev–Trinajstić information content (AvgIpc) is 2.26. The van der Waals surface area contributed by atoms with Crippen molar-refractivity contribution in [3.05, 3.63) is 18.3 Å². The lowest BCUT2D eigenvalue weighted by Gasteiger charge is -2.30. The molecule has 0 amide bonds. The van der Waals surface area contributed by atoms with Gasteiger partial charge >= 0.3 is 0 Å². The van der Waals surface area contributed by atoms with Gasteiger partial charge in [-0.1, -0.05) is 13.8 Å². The molecule has 1 heterocycles. The van der Waals surface area contributed by atoms with E-state index in [1.54, 1.807) is 0 Å². The summed E-state index contributed by atoms with van der Waals surface area (Å²) in [6, 6.07) is 4.73. The zero-order valence-corrected chi connectivity index (χ0v) is 11.7. The maximum absolute atomic E-state index is 4.31. The fourth-order valence-corrected chi connectivity index (χ4v) is 1.88. The number of nitrogens with zero attached hydrogens (tertiary/aromatic N) is 2. The average molecular weight is 235 g/mol. The minimum Gasteiger partial charge on any atom is -0.370 e. The van der Waals surface area contributed by atoms with Crippen LogP contribution >= 0.6 is 0 Å². The first-order chi connectivity index (χ1) is 8.04. The smallest absolute Gasteiger partial charge is 0.127 e. The molecule has 0 saturated heterocycles. The minimum absolute atomic E-state index is 0.509. The van der Waals surface area contributed by atoms with Gasteiger partial charge in [0.25, 0.3) is 0 Å².